The lowest BCUT2D eigenvalue weighted by molar-refractivity contribution is 0.581. The van der Waals surface area contributed by atoms with Crippen molar-refractivity contribution in [3.05, 3.63) is 34.3 Å². The molecule has 0 fully saturated rings. The molecular formula is C12H18BrNO2S. The summed E-state index contributed by atoms with van der Waals surface area (Å²) in [5.74, 6) is 0.370. The third-order valence-electron chi connectivity index (χ3n) is 2.63. The van der Waals surface area contributed by atoms with Gasteiger partial charge in [-0.2, -0.15) is 0 Å². The summed E-state index contributed by atoms with van der Waals surface area (Å²) in [6.45, 7) is 1.66. The predicted molar refractivity (Wildman–Crippen MR) is 74.8 cm³/mol. The summed E-state index contributed by atoms with van der Waals surface area (Å²) < 4.78 is 23.7. The van der Waals surface area contributed by atoms with Crippen LogP contribution in [-0.2, 0) is 16.3 Å². The monoisotopic (exact) mass is 319 g/mol. The number of sulfone groups is 1. The smallest absolute Gasteiger partial charge is 0.150 e. The van der Waals surface area contributed by atoms with Gasteiger partial charge in [0.1, 0.15) is 9.84 Å². The van der Waals surface area contributed by atoms with E-state index in [9.17, 15) is 8.42 Å². The van der Waals surface area contributed by atoms with Crippen molar-refractivity contribution >= 4 is 25.8 Å². The standard InChI is InChI=1S/C12H18BrNO2S/c1-2-17(15,16)7-6-12(14)9-10-4-3-5-11(13)8-10/h3-5,8,12H,2,6-7,9,14H2,1H3. The Morgan fingerprint density at radius 1 is 1.41 bits per heavy atom. The number of hydrogen-bond donors (Lipinski definition) is 1. The molecule has 0 saturated carbocycles. The van der Waals surface area contributed by atoms with Crippen molar-refractivity contribution in [3.8, 4) is 0 Å². The molecule has 0 aliphatic rings. The zero-order chi connectivity index (χ0) is 12.9. The molecule has 1 atom stereocenters. The summed E-state index contributed by atoms with van der Waals surface area (Å²) in [6.07, 6.45) is 1.22. The normalized spacial score (nSPS) is 13.6. The molecule has 1 aromatic rings. The first-order valence-corrected chi connectivity index (χ1v) is 8.25. The zero-order valence-electron chi connectivity index (χ0n) is 9.90. The van der Waals surface area contributed by atoms with Gasteiger partial charge in [-0.15, -0.1) is 0 Å². The van der Waals surface area contributed by atoms with Gasteiger partial charge in [0.25, 0.3) is 0 Å². The molecule has 0 heterocycles. The lowest BCUT2D eigenvalue weighted by atomic mass is 10.1. The molecule has 96 valence electrons. The lowest BCUT2D eigenvalue weighted by Gasteiger charge is -2.11. The third kappa shape index (κ3) is 5.66. The van der Waals surface area contributed by atoms with Gasteiger partial charge in [0, 0.05) is 16.3 Å². The molecule has 0 amide bonds. The predicted octanol–water partition coefficient (Wildman–Crippen LogP) is 2.14. The van der Waals surface area contributed by atoms with Crippen LogP contribution in [0.3, 0.4) is 0 Å². The molecule has 1 aromatic carbocycles. The highest BCUT2D eigenvalue weighted by Gasteiger charge is 2.11. The molecule has 2 N–H and O–H groups in total. The zero-order valence-corrected chi connectivity index (χ0v) is 12.3. The van der Waals surface area contributed by atoms with Gasteiger partial charge in [0.05, 0.1) is 5.75 Å². The number of hydrogen-bond acceptors (Lipinski definition) is 3. The summed E-state index contributed by atoms with van der Waals surface area (Å²) in [4.78, 5) is 0. The van der Waals surface area contributed by atoms with Gasteiger partial charge in [-0.05, 0) is 30.5 Å². The fraction of sp³-hybridized carbons (Fsp3) is 0.500. The van der Waals surface area contributed by atoms with Crippen molar-refractivity contribution in [3.63, 3.8) is 0 Å². The van der Waals surface area contributed by atoms with Crippen LogP contribution in [0.15, 0.2) is 28.7 Å². The minimum absolute atomic E-state index is 0.106. The number of nitrogens with two attached hydrogens (primary N) is 1. The SMILES string of the molecule is CCS(=O)(=O)CCC(N)Cc1cccc(Br)c1. The number of halogens is 1. The third-order valence-corrected chi connectivity index (χ3v) is 4.86. The molecule has 0 saturated heterocycles. The first-order valence-electron chi connectivity index (χ1n) is 5.63. The molecule has 0 aliphatic heterocycles. The Bertz CT molecular complexity index is 459. The van der Waals surface area contributed by atoms with E-state index in [-0.39, 0.29) is 17.5 Å². The molecule has 0 bridgehead atoms. The van der Waals surface area contributed by atoms with Crippen LogP contribution in [0.5, 0.6) is 0 Å². The Hall–Kier alpha value is -0.390. The van der Waals surface area contributed by atoms with Crippen molar-refractivity contribution in [1.82, 2.24) is 0 Å². The van der Waals surface area contributed by atoms with Crippen molar-refractivity contribution in [2.24, 2.45) is 5.73 Å². The first kappa shape index (κ1) is 14.7. The van der Waals surface area contributed by atoms with E-state index in [1.54, 1.807) is 6.92 Å². The van der Waals surface area contributed by atoms with Crippen LogP contribution in [0.1, 0.15) is 18.9 Å². The van der Waals surface area contributed by atoms with Crippen molar-refractivity contribution in [2.75, 3.05) is 11.5 Å². The molecule has 5 heteroatoms. The van der Waals surface area contributed by atoms with E-state index < -0.39 is 9.84 Å². The average Bonchev–Trinajstić information content (AvgIpc) is 2.27. The molecule has 17 heavy (non-hydrogen) atoms. The number of rotatable bonds is 6. The van der Waals surface area contributed by atoms with E-state index in [1.165, 1.54) is 0 Å². The maximum atomic E-state index is 11.3. The molecule has 1 rings (SSSR count). The minimum atomic E-state index is -2.90. The Morgan fingerprint density at radius 2 is 2.12 bits per heavy atom. The Morgan fingerprint density at radius 3 is 2.71 bits per heavy atom. The second-order valence-electron chi connectivity index (χ2n) is 4.12. The topological polar surface area (TPSA) is 60.2 Å². The van der Waals surface area contributed by atoms with Crippen LogP contribution in [0, 0.1) is 0 Å². The van der Waals surface area contributed by atoms with Gasteiger partial charge in [0.2, 0.25) is 0 Å². The summed E-state index contributed by atoms with van der Waals surface area (Å²) in [5.41, 5.74) is 7.06. The average molecular weight is 320 g/mol. The van der Waals surface area contributed by atoms with E-state index in [2.05, 4.69) is 15.9 Å². The Balaban J connectivity index is 2.48. The molecule has 0 aromatic heterocycles. The largest absolute Gasteiger partial charge is 0.327 e. The number of benzene rings is 1. The second kappa shape index (κ2) is 6.52. The van der Waals surface area contributed by atoms with Gasteiger partial charge in [-0.25, -0.2) is 8.42 Å². The fourth-order valence-corrected chi connectivity index (χ4v) is 2.94. The van der Waals surface area contributed by atoms with Gasteiger partial charge in [-0.1, -0.05) is 35.0 Å². The van der Waals surface area contributed by atoms with Gasteiger partial charge < -0.3 is 5.73 Å². The highest BCUT2D eigenvalue weighted by molar-refractivity contribution is 9.10. The minimum Gasteiger partial charge on any atom is -0.327 e. The lowest BCUT2D eigenvalue weighted by Crippen LogP contribution is -2.26. The summed E-state index contributed by atoms with van der Waals surface area (Å²) in [7, 11) is -2.90. The highest BCUT2D eigenvalue weighted by atomic mass is 79.9. The maximum Gasteiger partial charge on any atom is 0.150 e. The van der Waals surface area contributed by atoms with Crippen LogP contribution in [-0.4, -0.2) is 26.0 Å². The van der Waals surface area contributed by atoms with Crippen molar-refractivity contribution < 1.29 is 8.42 Å². The second-order valence-corrected chi connectivity index (χ2v) is 7.51. The van der Waals surface area contributed by atoms with Crippen LogP contribution in [0.2, 0.25) is 0 Å². The van der Waals surface area contributed by atoms with Crippen LogP contribution < -0.4 is 5.73 Å². The summed E-state index contributed by atoms with van der Waals surface area (Å²) >= 11 is 3.40. The molecule has 0 radical (unpaired) electrons. The van der Waals surface area contributed by atoms with Crippen LogP contribution in [0.4, 0.5) is 0 Å². The molecule has 0 aliphatic carbocycles. The van der Waals surface area contributed by atoms with Gasteiger partial charge >= 0.3 is 0 Å². The first-order chi connectivity index (χ1) is 7.93. The van der Waals surface area contributed by atoms with E-state index >= 15 is 0 Å². The van der Waals surface area contributed by atoms with E-state index in [0.29, 0.717) is 12.8 Å². The maximum absolute atomic E-state index is 11.3. The Labute approximate surface area is 111 Å². The molecule has 0 spiro atoms. The summed E-state index contributed by atoms with van der Waals surface area (Å²) in [6, 6.07) is 7.81. The van der Waals surface area contributed by atoms with Crippen molar-refractivity contribution in [1.29, 1.82) is 0 Å². The quantitative estimate of drug-likeness (QED) is 0.874. The summed E-state index contributed by atoms with van der Waals surface area (Å²) in [5, 5.41) is 0. The van der Waals surface area contributed by atoms with E-state index in [1.807, 2.05) is 24.3 Å². The Kier molecular flexibility index (Phi) is 5.62. The van der Waals surface area contributed by atoms with Crippen molar-refractivity contribution in [2.45, 2.75) is 25.8 Å². The van der Waals surface area contributed by atoms with Gasteiger partial charge in [0.15, 0.2) is 0 Å². The van der Waals surface area contributed by atoms with Gasteiger partial charge in [-0.3, -0.25) is 0 Å². The molecule has 3 nitrogen and oxygen atoms in total. The highest BCUT2D eigenvalue weighted by Crippen LogP contribution is 2.13. The fourth-order valence-electron chi connectivity index (χ4n) is 1.54. The van der Waals surface area contributed by atoms with Crippen LogP contribution >= 0.6 is 15.9 Å². The van der Waals surface area contributed by atoms with Crippen LogP contribution in [0.25, 0.3) is 0 Å². The van der Waals surface area contributed by atoms with E-state index in [0.717, 1.165) is 10.0 Å². The van der Waals surface area contributed by atoms with E-state index in [4.69, 9.17) is 5.73 Å². The molecular weight excluding hydrogens is 302 g/mol. The molecule has 1 unspecified atom stereocenters.